The lowest BCUT2D eigenvalue weighted by Gasteiger charge is -2.14. The van der Waals surface area contributed by atoms with Crippen molar-refractivity contribution in [2.75, 3.05) is 0 Å². The fourth-order valence-corrected chi connectivity index (χ4v) is 3.22. The lowest BCUT2D eigenvalue weighted by atomic mass is 9.96. The number of Topliss-reactive ketones (excluding diaryl/α,β-unsaturated/α-hetero) is 1. The minimum Gasteiger partial charge on any atom is -0.505 e. The van der Waals surface area contributed by atoms with E-state index in [-0.39, 0.29) is 17.1 Å². The van der Waals surface area contributed by atoms with E-state index in [1.807, 2.05) is 43.3 Å². The van der Waals surface area contributed by atoms with Crippen LogP contribution in [0.25, 0.3) is 34.5 Å². The summed E-state index contributed by atoms with van der Waals surface area (Å²) in [7, 11) is 0. The molecule has 28 heavy (non-hydrogen) atoms. The molecule has 0 amide bonds. The molecule has 3 heteroatoms. The molecule has 140 valence electrons. The van der Waals surface area contributed by atoms with Crippen molar-refractivity contribution in [2.45, 2.75) is 20.8 Å². The van der Waals surface area contributed by atoms with Crippen molar-refractivity contribution in [2.24, 2.45) is 0 Å². The molecule has 0 unspecified atom stereocenters. The van der Waals surface area contributed by atoms with E-state index in [1.165, 1.54) is 12.5 Å². The fourth-order valence-electron chi connectivity index (χ4n) is 3.22. The van der Waals surface area contributed by atoms with E-state index < -0.39 is 0 Å². The third-order valence-electron chi connectivity index (χ3n) is 4.66. The minimum atomic E-state index is -0.224. The first kappa shape index (κ1) is 19.3. The molecule has 3 rings (SSSR count). The van der Waals surface area contributed by atoms with E-state index in [0.29, 0.717) is 17.0 Å². The Morgan fingerprint density at radius 3 is 2.04 bits per heavy atom. The van der Waals surface area contributed by atoms with Crippen molar-refractivity contribution in [3.05, 3.63) is 83.6 Å². The average molecular weight is 369 g/mol. The van der Waals surface area contributed by atoms with Crippen LogP contribution in [0.4, 0.5) is 0 Å². The smallest absolute Gasteiger partial charge is 0.164 e. The van der Waals surface area contributed by atoms with Crippen molar-refractivity contribution in [3.8, 4) is 28.1 Å². The Hall–Kier alpha value is -3.46. The number of carbonyl (C=O) groups excluding carboxylic acids is 1. The first-order valence-corrected chi connectivity index (χ1v) is 9.16. The number of pyridine rings is 1. The molecule has 1 aromatic heterocycles. The maximum atomic E-state index is 12.2. The van der Waals surface area contributed by atoms with E-state index in [2.05, 4.69) is 42.8 Å². The highest BCUT2D eigenvalue weighted by molar-refractivity contribution is 6.03. The molecule has 1 N–H and O–H groups in total. The van der Waals surface area contributed by atoms with Crippen molar-refractivity contribution < 1.29 is 9.90 Å². The van der Waals surface area contributed by atoms with Crippen LogP contribution in [0.15, 0.2) is 61.2 Å². The summed E-state index contributed by atoms with van der Waals surface area (Å²) in [5.41, 5.74) is 5.94. The molecule has 0 fully saturated rings. The van der Waals surface area contributed by atoms with Crippen molar-refractivity contribution >= 4 is 17.9 Å². The summed E-state index contributed by atoms with van der Waals surface area (Å²) in [5, 5.41) is 10.8. The number of hydrogen-bond acceptors (Lipinski definition) is 3. The molecule has 0 radical (unpaired) electrons. The number of aromatic hydroxyl groups is 1. The van der Waals surface area contributed by atoms with E-state index >= 15 is 0 Å². The van der Waals surface area contributed by atoms with Gasteiger partial charge in [0.25, 0.3) is 0 Å². The number of benzene rings is 2. The van der Waals surface area contributed by atoms with Gasteiger partial charge in [-0.1, -0.05) is 72.8 Å². The lowest BCUT2D eigenvalue weighted by molar-refractivity contribution is 0.101. The Balaban J connectivity index is 2.14. The Morgan fingerprint density at radius 2 is 1.54 bits per heavy atom. The highest BCUT2D eigenvalue weighted by Crippen LogP contribution is 2.36. The topological polar surface area (TPSA) is 50.2 Å². The average Bonchev–Trinajstić information content (AvgIpc) is 2.69. The number of rotatable bonds is 5. The largest absolute Gasteiger partial charge is 0.505 e. The first-order chi connectivity index (χ1) is 13.5. The van der Waals surface area contributed by atoms with Crippen LogP contribution < -0.4 is 0 Å². The highest BCUT2D eigenvalue weighted by Gasteiger charge is 2.20. The molecule has 1 heterocycles. The first-order valence-electron chi connectivity index (χ1n) is 9.16. The van der Waals surface area contributed by atoms with Crippen molar-refractivity contribution in [3.63, 3.8) is 0 Å². The maximum Gasteiger partial charge on any atom is 0.164 e. The zero-order valence-corrected chi connectivity index (χ0v) is 16.4. The third-order valence-corrected chi connectivity index (χ3v) is 4.66. The van der Waals surface area contributed by atoms with Gasteiger partial charge in [-0.05, 0) is 38.0 Å². The normalized spacial score (nSPS) is 11.0. The predicted octanol–water partition coefficient (Wildman–Crippen LogP) is 6.31. The van der Waals surface area contributed by atoms with Gasteiger partial charge in [-0.25, -0.2) is 4.98 Å². The number of hydrogen-bond donors (Lipinski definition) is 1. The number of allylic oxidation sites excluding steroid dienone is 1. The second kappa shape index (κ2) is 8.05. The molecule has 3 nitrogen and oxygen atoms in total. The highest BCUT2D eigenvalue weighted by atomic mass is 16.3. The Kier molecular flexibility index (Phi) is 5.55. The summed E-state index contributed by atoms with van der Waals surface area (Å²) in [5.74, 6) is -0.336. The van der Waals surface area contributed by atoms with Crippen LogP contribution in [-0.4, -0.2) is 15.9 Å². The number of ketones is 1. The van der Waals surface area contributed by atoms with Crippen molar-refractivity contribution in [1.29, 1.82) is 0 Å². The maximum absolute atomic E-state index is 12.2. The second-order valence-electron chi connectivity index (χ2n) is 6.69. The van der Waals surface area contributed by atoms with Gasteiger partial charge in [0.2, 0.25) is 0 Å². The SMILES string of the molecule is C=Cc1c(/C=C\C)nc(-c2ccc(-c3ccc(C)cc3)cc2)c(O)c1C(C)=O. The number of aryl methyl sites for hydroxylation is 1. The van der Waals surface area contributed by atoms with Gasteiger partial charge in [0, 0.05) is 11.1 Å². The van der Waals surface area contributed by atoms with Crippen LogP contribution in [0.2, 0.25) is 0 Å². The van der Waals surface area contributed by atoms with E-state index in [0.717, 1.165) is 16.7 Å². The number of carbonyl (C=O) groups is 1. The molecule has 3 aromatic rings. The quantitative estimate of drug-likeness (QED) is 0.536. The van der Waals surface area contributed by atoms with Crippen LogP contribution >= 0.6 is 0 Å². The summed E-state index contributed by atoms with van der Waals surface area (Å²) in [4.78, 5) is 16.8. The van der Waals surface area contributed by atoms with Crippen LogP contribution in [0, 0.1) is 6.92 Å². The molecule has 0 aliphatic heterocycles. The molecule has 0 saturated heterocycles. The van der Waals surface area contributed by atoms with Gasteiger partial charge in [0.15, 0.2) is 11.5 Å². The van der Waals surface area contributed by atoms with Gasteiger partial charge in [-0.15, -0.1) is 0 Å². The van der Waals surface area contributed by atoms with Gasteiger partial charge in [-0.2, -0.15) is 0 Å². The minimum absolute atomic E-state index is 0.112. The Labute approximate surface area is 165 Å². The van der Waals surface area contributed by atoms with Crippen molar-refractivity contribution in [1.82, 2.24) is 4.98 Å². The zero-order valence-electron chi connectivity index (χ0n) is 16.4. The van der Waals surface area contributed by atoms with Gasteiger partial charge in [0.1, 0.15) is 5.69 Å². The monoisotopic (exact) mass is 369 g/mol. The Morgan fingerprint density at radius 1 is 1.00 bits per heavy atom. The molecule has 0 saturated carbocycles. The zero-order chi connectivity index (χ0) is 20.3. The molecule has 0 bridgehead atoms. The summed E-state index contributed by atoms with van der Waals surface area (Å²) < 4.78 is 0. The molecular formula is C25H23NO2. The molecular weight excluding hydrogens is 346 g/mol. The summed E-state index contributed by atoms with van der Waals surface area (Å²) in [6.45, 7) is 9.15. The van der Waals surface area contributed by atoms with Crippen LogP contribution in [-0.2, 0) is 0 Å². The summed E-state index contributed by atoms with van der Waals surface area (Å²) in [6.07, 6.45) is 5.22. The molecule has 2 aromatic carbocycles. The van der Waals surface area contributed by atoms with Gasteiger partial charge >= 0.3 is 0 Å². The third kappa shape index (κ3) is 3.65. The Bertz CT molecular complexity index is 1060. The van der Waals surface area contributed by atoms with E-state index in [1.54, 1.807) is 6.08 Å². The van der Waals surface area contributed by atoms with Gasteiger partial charge < -0.3 is 5.11 Å². The lowest BCUT2D eigenvalue weighted by Crippen LogP contribution is -2.03. The van der Waals surface area contributed by atoms with Gasteiger partial charge in [0.05, 0.1) is 11.3 Å². The fraction of sp³-hybridized carbons (Fsp3) is 0.120. The second-order valence-corrected chi connectivity index (χ2v) is 6.69. The molecule has 0 spiro atoms. The number of nitrogens with zero attached hydrogens (tertiary/aromatic N) is 1. The standard InChI is InChI=1S/C25H23NO2/c1-5-7-22-21(6-2)23(17(4)27)25(28)24(26-22)20-14-12-19(13-15-20)18-10-8-16(3)9-11-18/h5-15,28H,2H2,1,3-4H3/b7-5-. The molecule has 0 atom stereocenters. The van der Waals surface area contributed by atoms with Crippen LogP contribution in [0.1, 0.15) is 41.0 Å². The van der Waals surface area contributed by atoms with Crippen LogP contribution in [0.3, 0.4) is 0 Å². The summed E-state index contributed by atoms with van der Waals surface area (Å²) in [6, 6.07) is 16.1. The molecule has 0 aliphatic carbocycles. The van der Waals surface area contributed by atoms with E-state index in [4.69, 9.17) is 0 Å². The van der Waals surface area contributed by atoms with Gasteiger partial charge in [-0.3, -0.25) is 4.79 Å². The van der Waals surface area contributed by atoms with Crippen LogP contribution in [0.5, 0.6) is 5.75 Å². The predicted molar refractivity (Wildman–Crippen MR) is 116 cm³/mol. The van der Waals surface area contributed by atoms with E-state index in [9.17, 15) is 9.90 Å². The number of aromatic nitrogens is 1. The molecule has 0 aliphatic rings. The summed E-state index contributed by atoms with van der Waals surface area (Å²) >= 11 is 0.